The number of thiazole rings is 1. The first kappa shape index (κ1) is 31.6. The molecule has 41 heavy (non-hydrogen) atoms. The van der Waals surface area contributed by atoms with Gasteiger partial charge in [0.15, 0.2) is 0 Å². The summed E-state index contributed by atoms with van der Waals surface area (Å²) < 4.78 is 35.3. The molecule has 2 aliphatic heterocycles. The standard InChI is InChI=1S/C29H40ClF2N5O3S/c1-8-9-29(31,32)22-12-20-19(13-34-22)28(6,7)17-37(20)23(38)16-35-14-18(2)36(26(39)40-27(3,4)5)15-21(35)24(30)25-33-10-11-41-25/h10-13,18,21,24H,8-9,14-17H2,1-7H3. The third-order valence-electron chi connectivity index (χ3n) is 7.57. The zero-order chi connectivity index (χ0) is 30.3. The number of nitrogens with zero attached hydrogens (tertiary/aromatic N) is 5. The molecule has 3 unspecified atom stereocenters. The molecule has 1 saturated heterocycles. The second-order valence-corrected chi connectivity index (χ2v) is 14.1. The van der Waals surface area contributed by atoms with Gasteiger partial charge in [-0.3, -0.25) is 14.7 Å². The number of carbonyl (C=O) groups is 2. The maximum absolute atomic E-state index is 14.8. The number of hydrogen-bond acceptors (Lipinski definition) is 7. The van der Waals surface area contributed by atoms with Crippen molar-refractivity contribution in [1.29, 1.82) is 0 Å². The van der Waals surface area contributed by atoms with Crippen molar-refractivity contribution in [3.8, 4) is 0 Å². The topological polar surface area (TPSA) is 78.9 Å². The summed E-state index contributed by atoms with van der Waals surface area (Å²) in [6, 6.07) is 0.699. The van der Waals surface area contributed by atoms with Crippen molar-refractivity contribution in [1.82, 2.24) is 19.8 Å². The number of aromatic nitrogens is 2. The lowest BCUT2D eigenvalue weighted by atomic mass is 9.88. The fourth-order valence-electron chi connectivity index (χ4n) is 5.52. The maximum Gasteiger partial charge on any atom is 0.410 e. The summed E-state index contributed by atoms with van der Waals surface area (Å²) in [7, 11) is 0. The Morgan fingerprint density at radius 1 is 1.24 bits per heavy atom. The van der Waals surface area contributed by atoms with Crippen LogP contribution in [0.1, 0.15) is 82.9 Å². The van der Waals surface area contributed by atoms with E-state index in [0.717, 1.165) is 5.56 Å². The molecule has 0 aromatic carbocycles. The minimum absolute atomic E-state index is 0.00426. The van der Waals surface area contributed by atoms with E-state index in [1.807, 2.05) is 51.8 Å². The predicted octanol–water partition coefficient (Wildman–Crippen LogP) is 6.34. The summed E-state index contributed by atoms with van der Waals surface area (Å²) in [4.78, 5) is 40.7. The van der Waals surface area contributed by atoms with Gasteiger partial charge in [0.25, 0.3) is 5.92 Å². The van der Waals surface area contributed by atoms with Crippen LogP contribution >= 0.6 is 22.9 Å². The molecule has 2 aromatic rings. The van der Waals surface area contributed by atoms with Crippen molar-refractivity contribution in [3.63, 3.8) is 0 Å². The summed E-state index contributed by atoms with van der Waals surface area (Å²) in [5.41, 5.74) is -0.198. The van der Waals surface area contributed by atoms with Crippen LogP contribution in [0.5, 0.6) is 0 Å². The molecule has 12 heteroatoms. The van der Waals surface area contributed by atoms with Gasteiger partial charge in [0.1, 0.15) is 21.7 Å². The van der Waals surface area contributed by atoms with E-state index in [1.165, 1.54) is 23.6 Å². The Morgan fingerprint density at radius 3 is 2.56 bits per heavy atom. The SMILES string of the molecule is CCCC(F)(F)c1cc2c(cn1)C(C)(C)CN2C(=O)CN1CC(C)N(C(=O)OC(C)(C)C)CC1C(Cl)c1nccs1. The van der Waals surface area contributed by atoms with Gasteiger partial charge in [-0.25, -0.2) is 9.78 Å². The highest BCUT2D eigenvalue weighted by Gasteiger charge is 2.44. The zero-order valence-electron chi connectivity index (χ0n) is 24.8. The van der Waals surface area contributed by atoms with Crippen LogP contribution in [0.4, 0.5) is 19.3 Å². The molecule has 0 bridgehead atoms. The Hall–Kier alpha value is -2.37. The smallest absolute Gasteiger partial charge is 0.410 e. The number of alkyl halides is 3. The van der Waals surface area contributed by atoms with Gasteiger partial charge in [-0.05, 0) is 33.8 Å². The van der Waals surface area contributed by atoms with Gasteiger partial charge in [-0.1, -0.05) is 27.2 Å². The third kappa shape index (κ3) is 6.83. The lowest BCUT2D eigenvalue weighted by molar-refractivity contribution is -0.121. The number of piperazine rings is 1. The molecule has 0 spiro atoms. The van der Waals surface area contributed by atoms with Crippen LogP contribution in [0.2, 0.25) is 0 Å². The summed E-state index contributed by atoms with van der Waals surface area (Å²) >= 11 is 8.36. The van der Waals surface area contributed by atoms with Crippen LogP contribution in [0.15, 0.2) is 23.8 Å². The first-order valence-electron chi connectivity index (χ1n) is 14.0. The third-order valence-corrected chi connectivity index (χ3v) is 9.06. The van der Waals surface area contributed by atoms with Crippen molar-refractivity contribution in [2.75, 3.05) is 31.1 Å². The highest BCUT2D eigenvalue weighted by molar-refractivity contribution is 7.09. The number of amides is 2. The first-order chi connectivity index (χ1) is 19.0. The fraction of sp³-hybridized carbons (Fsp3) is 0.655. The van der Waals surface area contributed by atoms with E-state index in [0.29, 0.717) is 30.2 Å². The monoisotopic (exact) mass is 611 g/mol. The largest absolute Gasteiger partial charge is 0.444 e. The van der Waals surface area contributed by atoms with Crippen molar-refractivity contribution < 1.29 is 23.1 Å². The average molecular weight is 612 g/mol. The van der Waals surface area contributed by atoms with Crippen LogP contribution in [-0.4, -0.2) is 75.6 Å². The zero-order valence-corrected chi connectivity index (χ0v) is 26.4. The maximum atomic E-state index is 14.8. The van der Waals surface area contributed by atoms with Crippen molar-refractivity contribution in [2.24, 2.45) is 0 Å². The average Bonchev–Trinajstić information content (AvgIpc) is 3.49. The summed E-state index contributed by atoms with van der Waals surface area (Å²) in [6.07, 6.45) is 2.72. The molecular weight excluding hydrogens is 572 g/mol. The molecule has 2 aliphatic rings. The number of carbonyl (C=O) groups excluding carboxylic acids is 2. The Balaban J connectivity index is 1.61. The molecule has 2 amide bonds. The lowest BCUT2D eigenvalue weighted by Gasteiger charge is -2.46. The normalized spacial score (nSPS) is 22.0. The van der Waals surface area contributed by atoms with E-state index in [2.05, 4.69) is 9.97 Å². The van der Waals surface area contributed by atoms with Crippen LogP contribution in [0.25, 0.3) is 0 Å². The Morgan fingerprint density at radius 2 is 1.95 bits per heavy atom. The molecule has 2 aromatic heterocycles. The molecule has 226 valence electrons. The molecule has 8 nitrogen and oxygen atoms in total. The highest BCUT2D eigenvalue weighted by atomic mass is 35.5. The molecule has 0 aliphatic carbocycles. The van der Waals surface area contributed by atoms with E-state index in [1.54, 1.807) is 22.9 Å². The summed E-state index contributed by atoms with van der Waals surface area (Å²) in [6.45, 7) is 14.0. The van der Waals surface area contributed by atoms with Gasteiger partial charge >= 0.3 is 6.09 Å². The first-order valence-corrected chi connectivity index (χ1v) is 15.3. The number of halogens is 3. The second kappa shape index (κ2) is 11.7. The minimum Gasteiger partial charge on any atom is -0.444 e. The van der Waals surface area contributed by atoms with E-state index in [4.69, 9.17) is 16.3 Å². The molecule has 3 atom stereocenters. The van der Waals surface area contributed by atoms with Gasteiger partial charge in [0.05, 0.1) is 18.3 Å². The minimum atomic E-state index is -3.08. The predicted molar refractivity (Wildman–Crippen MR) is 157 cm³/mol. The van der Waals surface area contributed by atoms with E-state index in [9.17, 15) is 18.4 Å². The number of pyridine rings is 1. The van der Waals surface area contributed by atoms with Crippen LogP contribution in [-0.2, 0) is 20.9 Å². The quantitative estimate of drug-likeness (QED) is 0.340. The lowest BCUT2D eigenvalue weighted by Crippen LogP contribution is -2.62. The van der Waals surface area contributed by atoms with Gasteiger partial charge in [-0.2, -0.15) is 8.78 Å². The fourth-order valence-corrected chi connectivity index (χ4v) is 6.64. The Labute approximate surface area is 250 Å². The molecule has 4 rings (SSSR count). The van der Waals surface area contributed by atoms with Crippen LogP contribution in [0.3, 0.4) is 0 Å². The van der Waals surface area contributed by atoms with Crippen molar-refractivity contribution in [3.05, 3.63) is 40.1 Å². The number of anilines is 1. The second-order valence-electron chi connectivity index (χ2n) is 12.7. The van der Waals surface area contributed by atoms with Gasteiger partial charge in [0, 0.05) is 60.8 Å². The molecule has 1 fully saturated rings. The number of hydrogen-bond donors (Lipinski definition) is 0. The van der Waals surface area contributed by atoms with E-state index in [-0.39, 0.29) is 37.2 Å². The molecule has 0 saturated carbocycles. The van der Waals surface area contributed by atoms with Gasteiger partial charge in [-0.15, -0.1) is 22.9 Å². The van der Waals surface area contributed by atoms with Gasteiger partial charge in [0.2, 0.25) is 5.91 Å². The molecular formula is C29H40ClF2N5O3S. The molecule has 4 heterocycles. The summed E-state index contributed by atoms with van der Waals surface area (Å²) in [5, 5.41) is 1.95. The van der Waals surface area contributed by atoms with Crippen LogP contribution in [0, 0.1) is 0 Å². The van der Waals surface area contributed by atoms with Crippen molar-refractivity contribution >= 4 is 40.6 Å². The van der Waals surface area contributed by atoms with E-state index < -0.39 is 34.5 Å². The number of rotatable bonds is 7. The van der Waals surface area contributed by atoms with Crippen LogP contribution < -0.4 is 4.90 Å². The van der Waals surface area contributed by atoms with Crippen molar-refractivity contribution in [2.45, 2.75) is 95.7 Å². The Bertz CT molecular complexity index is 1250. The Kier molecular flexibility index (Phi) is 9.02. The highest BCUT2D eigenvalue weighted by Crippen LogP contribution is 2.43. The number of ether oxygens (including phenoxy) is 1. The van der Waals surface area contributed by atoms with Gasteiger partial charge < -0.3 is 14.5 Å². The number of fused-ring (bicyclic) bond motifs is 1. The molecule has 0 N–H and O–H groups in total. The molecule has 0 radical (unpaired) electrons. The van der Waals surface area contributed by atoms with E-state index >= 15 is 0 Å². The summed E-state index contributed by atoms with van der Waals surface area (Å²) in [5.74, 6) is -3.30.